The number of benzene rings is 1. The van der Waals surface area contributed by atoms with Crippen molar-refractivity contribution in [1.29, 1.82) is 0 Å². The average Bonchev–Trinajstić information content (AvgIpc) is 3.25. The maximum absolute atomic E-state index is 5.72. The van der Waals surface area contributed by atoms with Crippen LogP contribution in [0.3, 0.4) is 0 Å². The van der Waals surface area contributed by atoms with E-state index in [1.807, 2.05) is 25.2 Å². The maximum atomic E-state index is 5.72. The quantitative estimate of drug-likeness (QED) is 0.345. The van der Waals surface area contributed by atoms with Gasteiger partial charge in [-0.1, -0.05) is 37.3 Å². The number of piperidine rings is 1. The fourth-order valence-corrected chi connectivity index (χ4v) is 4.37. The summed E-state index contributed by atoms with van der Waals surface area (Å²) in [5.41, 5.74) is 2.43. The second kappa shape index (κ2) is 12.7. The Morgan fingerprint density at radius 2 is 2.03 bits per heavy atom. The van der Waals surface area contributed by atoms with Crippen LogP contribution in [0.1, 0.15) is 36.0 Å². The summed E-state index contributed by atoms with van der Waals surface area (Å²) in [6.45, 7) is 8.46. The second-order valence-electron chi connectivity index (χ2n) is 7.72. The van der Waals surface area contributed by atoms with Crippen LogP contribution >= 0.6 is 11.3 Å². The number of aromatic nitrogens is 1. The Hall–Kier alpha value is -1.96. The van der Waals surface area contributed by atoms with Gasteiger partial charge in [-0.25, -0.2) is 4.98 Å². The molecule has 6 nitrogen and oxygen atoms in total. The van der Waals surface area contributed by atoms with Crippen LogP contribution in [0.15, 0.2) is 40.7 Å². The summed E-state index contributed by atoms with van der Waals surface area (Å²) in [5.74, 6) is 1.55. The Labute approximate surface area is 184 Å². The third kappa shape index (κ3) is 7.70. The molecule has 1 fully saturated rings. The number of thiazole rings is 1. The molecule has 164 valence electrons. The minimum atomic E-state index is 0.647. The number of nitrogens with one attached hydrogen (secondary N) is 2. The van der Waals surface area contributed by atoms with Gasteiger partial charge in [-0.05, 0) is 43.8 Å². The first-order chi connectivity index (χ1) is 14.8. The minimum Gasteiger partial charge on any atom is -0.375 e. The van der Waals surface area contributed by atoms with Crippen LogP contribution in [-0.2, 0) is 24.3 Å². The Balaban J connectivity index is 1.26. The van der Waals surface area contributed by atoms with Gasteiger partial charge in [-0.3, -0.25) is 9.89 Å². The second-order valence-corrected chi connectivity index (χ2v) is 8.67. The third-order valence-corrected chi connectivity index (χ3v) is 6.47. The van der Waals surface area contributed by atoms with E-state index in [-0.39, 0.29) is 0 Å². The number of likely N-dealkylation sites (tertiary alicyclic amines) is 1. The molecular weight excluding hydrogens is 394 g/mol. The average molecular weight is 430 g/mol. The molecule has 7 heteroatoms. The molecule has 1 aromatic heterocycles. The highest BCUT2D eigenvalue weighted by molar-refractivity contribution is 7.09. The molecule has 0 spiro atoms. The maximum Gasteiger partial charge on any atom is 0.191 e. The molecule has 0 bridgehead atoms. The fraction of sp³-hybridized carbons (Fsp3) is 0.565. The molecule has 0 amide bonds. The predicted molar refractivity (Wildman–Crippen MR) is 125 cm³/mol. The van der Waals surface area contributed by atoms with Gasteiger partial charge >= 0.3 is 0 Å². The number of hydrogen-bond acceptors (Lipinski definition) is 5. The molecule has 1 aromatic carbocycles. The molecule has 0 aliphatic carbocycles. The smallest absolute Gasteiger partial charge is 0.191 e. The van der Waals surface area contributed by atoms with Crippen LogP contribution < -0.4 is 10.6 Å². The Morgan fingerprint density at radius 1 is 1.23 bits per heavy atom. The highest BCUT2D eigenvalue weighted by atomic mass is 32.1. The Morgan fingerprint density at radius 3 is 2.73 bits per heavy atom. The first-order valence-corrected chi connectivity index (χ1v) is 11.9. The molecule has 0 unspecified atom stereocenters. The molecule has 3 rings (SSSR count). The summed E-state index contributed by atoms with van der Waals surface area (Å²) in [6.07, 6.45) is 3.47. The van der Waals surface area contributed by atoms with Gasteiger partial charge in [-0.15, -0.1) is 11.3 Å². The van der Waals surface area contributed by atoms with Gasteiger partial charge in [0, 0.05) is 32.1 Å². The zero-order chi connectivity index (χ0) is 21.0. The van der Waals surface area contributed by atoms with Gasteiger partial charge in [0.05, 0.1) is 23.9 Å². The highest BCUT2D eigenvalue weighted by Crippen LogP contribution is 2.19. The van der Waals surface area contributed by atoms with Crippen LogP contribution in [0.25, 0.3) is 0 Å². The number of aliphatic imine (C=N–C) groups is 1. The van der Waals surface area contributed by atoms with Crippen molar-refractivity contribution < 1.29 is 4.74 Å². The van der Waals surface area contributed by atoms with Crippen LogP contribution in [0, 0.1) is 5.92 Å². The number of nitrogens with zero attached hydrogens (tertiary/aromatic N) is 3. The Kier molecular flexibility index (Phi) is 9.60. The molecule has 2 N–H and O–H groups in total. The van der Waals surface area contributed by atoms with E-state index in [2.05, 4.69) is 45.0 Å². The number of aryl methyl sites for hydroxylation is 1. The normalized spacial score (nSPS) is 16.0. The van der Waals surface area contributed by atoms with Gasteiger partial charge in [-0.2, -0.15) is 0 Å². The van der Waals surface area contributed by atoms with Crippen molar-refractivity contribution in [2.24, 2.45) is 10.9 Å². The van der Waals surface area contributed by atoms with Crippen LogP contribution in [0.4, 0.5) is 0 Å². The van der Waals surface area contributed by atoms with E-state index in [4.69, 9.17) is 9.72 Å². The van der Waals surface area contributed by atoms with Crippen molar-refractivity contribution in [3.8, 4) is 0 Å². The first kappa shape index (κ1) is 22.7. The number of guanidine groups is 1. The van der Waals surface area contributed by atoms with Gasteiger partial charge < -0.3 is 15.4 Å². The molecule has 30 heavy (non-hydrogen) atoms. The molecular formula is C23H35N5OS. The van der Waals surface area contributed by atoms with Crippen molar-refractivity contribution in [2.75, 3.05) is 39.8 Å². The van der Waals surface area contributed by atoms with E-state index in [0.29, 0.717) is 19.1 Å². The summed E-state index contributed by atoms with van der Waals surface area (Å²) in [5, 5.41) is 10.3. The third-order valence-electron chi connectivity index (χ3n) is 5.43. The lowest BCUT2D eigenvalue weighted by molar-refractivity contribution is 0.125. The predicted octanol–water partition coefficient (Wildman–Crippen LogP) is 3.30. The molecule has 2 aromatic rings. The van der Waals surface area contributed by atoms with Crippen molar-refractivity contribution in [1.82, 2.24) is 20.5 Å². The van der Waals surface area contributed by atoms with Gasteiger partial charge in [0.1, 0.15) is 0 Å². The van der Waals surface area contributed by atoms with Crippen molar-refractivity contribution >= 4 is 17.3 Å². The van der Waals surface area contributed by atoms with Crippen LogP contribution in [-0.4, -0.2) is 55.7 Å². The zero-order valence-corrected chi connectivity index (χ0v) is 19.1. The molecule has 1 saturated heterocycles. The minimum absolute atomic E-state index is 0.647. The SMILES string of the molecule is CCc1nc(CN2CCC(CNC(=NC)NCCOCc3ccccc3)CC2)cs1. The summed E-state index contributed by atoms with van der Waals surface area (Å²) in [7, 11) is 1.82. The van der Waals surface area contributed by atoms with Crippen LogP contribution in [0.5, 0.6) is 0 Å². The van der Waals surface area contributed by atoms with Gasteiger partial charge in [0.15, 0.2) is 5.96 Å². The van der Waals surface area contributed by atoms with E-state index < -0.39 is 0 Å². The van der Waals surface area contributed by atoms with Crippen molar-refractivity contribution in [3.63, 3.8) is 0 Å². The molecule has 1 aliphatic rings. The monoisotopic (exact) mass is 429 g/mol. The van der Waals surface area contributed by atoms with E-state index >= 15 is 0 Å². The lowest BCUT2D eigenvalue weighted by Crippen LogP contribution is -2.43. The summed E-state index contributed by atoms with van der Waals surface area (Å²) in [6, 6.07) is 10.3. The summed E-state index contributed by atoms with van der Waals surface area (Å²) >= 11 is 1.78. The van der Waals surface area contributed by atoms with E-state index in [1.165, 1.54) is 29.1 Å². The van der Waals surface area contributed by atoms with Gasteiger partial charge in [0.25, 0.3) is 0 Å². The van der Waals surface area contributed by atoms with E-state index in [0.717, 1.165) is 45.1 Å². The van der Waals surface area contributed by atoms with Crippen LogP contribution in [0.2, 0.25) is 0 Å². The van der Waals surface area contributed by atoms with E-state index in [1.54, 1.807) is 11.3 Å². The molecule has 2 heterocycles. The largest absolute Gasteiger partial charge is 0.375 e. The summed E-state index contributed by atoms with van der Waals surface area (Å²) in [4.78, 5) is 11.6. The zero-order valence-electron chi connectivity index (χ0n) is 18.3. The number of ether oxygens (including phenoxy) is 1. The van der Waals surface area contributed by atoms with E-state index in [9.17, 15) is 0 Å². The summed E-state index contributed by atoms with van der Waals surface area (Å²) < 4.78 is 5.72. The topological polar surface area (TPSA) is 61.8 Å². The number of rotatable bonds is 10. The fourth-order valence-electron chi connectivity index (χ4n) is 3.63. The van der Waals surface area contributed by atoms with Gasteiger partial charge in [0.2, 0.25) is 0 Å². The highest BCUT2D eigenvalue weighted by Gasteiger charge is 2.20. The molecule has 0 radical (unpaired) electrons. The number of hydrogen-bond donors (Lipinski definition) is 2. The standard InChI is InChI=1S/C23H35N5OS/c1-3-22-27-21(18-30-22)16-28-12-9-19(10-13-28)15-26-23(24-2)25-11-14-29-17-20-7-5-4-6-8-20/h4-8,18-19H,3,9-17H2,1-2H3,(H2,24,25,26). The van der Waals surface area contributed by atoms with Crippen molar-refractivity contribution in [3.05, 3.63) is 52.0 Å². The lowest BCUT2D eigenvalue weighted by atomic mass is 9.97. The first-order valence-electron chi connectivity index (χ1n) is 11.0. The van der Waals surface area contributed by atoms with Crippen molar-refractivity contribution in [2.45, 2.75) is 39.3 Å². The Bertz CT molecular complexity index is 756. The molecule has 0 saturated carbocycles. The lowest BCUT2D eigenvalue weighted by Gasteiger charge is -2.31. The molecule has 0 atom stereocenters. The molecule has 1 aliphatic heterocycles.